The molecule has 0 atom stereocenters. The smallest absolute Gasteiger partial charge is 0.229 e. The van der Waals surface area contributed by atoms with Gasteiger partial charge in [0.05, 0.1) is 12.8 Å². The minimum Gasteiger partial charge on any atom is -0.495 e. The molecule has 134 valence electrons. The van der Waals surface area contributed by atoms with Gasteiger partial charge in [0.2, 0.25) is 5.95 Å². The van der Waals surface area contributed by atoms with Crippen LogP contribution >= 0.6 is 0 Å². The molecule has 2 N–H and O–H groups in total. The van der Waals surface area contributed by atoms with Crippen molar-refractivity contribution < 1.29 is 4.74 Å². The van der Waals surface area contributed by atoms with Crippen LogP contribution in [-0.2, 0) is 0 Å². The van der Waals surface area contributed by atoms with Crippen LogP contribution in [0.4, 0.5) is 17.5 Å². The number of ether oxygens (including phenoxy) is 1. The molecule has 1 aliphatic rings. The van der Waals surface area contributed by atoms with E-state index >= 15 is 0 Å². The first-order chi connectivity index (χ1) is 12.1. The Morgan fingerprint density at radius 1 is 1.00 bits per heavy atom. The Morgan fingerprint density at radius 2 is 1.76 bits per heavy atom. The van der Waals surface area contributed by atoms with Crippen molar-refractivity contribution in [3.05, 3.63) is 35.5 Å². The molecule has 2 aromatic rings. The third kappa shape index (κ3) is 4.84. The molecule has 1 aromatic carbocycles. The van der Waals surface area contributed by atoms with Gasteiger partial charge in [-0.1, -0.05) is 31.7 Å². The van der Waals surface area contributed by atoms with Crippen molar-refractivity contribution in [2.45, 2.75) is 58.4 Å². The van der Waals surface area contributed by atoms with Crippen molar-refractivity contribution in [2.24, 2.45) is 0 Å². The highest BCUT2D eigenvalue weighted by atomic mass is 16.5. The summed E-state index contributed by atoms with van der Waals surface area (Å²) in [5.74, 6) is 2.28. The topological polar surface area (TPSA) is 59.1 Å². The zero-order valence-electron chi connectivity index (χ0n) is 15.4. The monoisotopic (exact) mass is 340 g/mol. The standard InChI is InChI=1S/C20H28N4O/c1-14-10-11-18(25-3)17(12-14)23-20-21-15(2)13-19(24-20)22-16-8-6-4-5-7-9-16/h10-13,16H,4-9H2,1-3H3,(H2,21,22,23,24). The Kier molecular flexibility index (Phi) is 5.74. The minimum absolute atomic E-state index is 0.512. The molecule has 5 nitrogen and oxygen atoms in total. The van der Waals surface area contributed by atoms with Crippen molar-refractivity contribution in [1.29, 1.82) is 0 Å². The van der Waals surface area contributed by atoms with Crippen LogP contribution in [0.5, 0.6) is 5.75 Å². The quantitative estimate of drug-likeness (QED) is 0.752. The fourth-order valence-electron chi connectivity index (χ4n) is 3.37. The number of aromatic nitrogens is 2. The second-order valence-electron chi connectivity index (χ2n) is 6.88. The Morgan fingerprint density at radius 3 is 2.48 bits per heavy atom. The molecule has 1 fully saturated rings. The molecule has 0 saturated heterocycles. The Balaban J connectivity index is 1.78. The highest BCUT2D eigenvalue weighted by Crippen LogP contribution is 2.28. The zero-order valence-corrected chi connectivity index (χ0v) is 15.4. The maximum Gasteiger partial charge on any atom is 0.229 e. The largest absolute Gasteiger partial charge is 0.495 e. The number of anilines is 3. The van der Waals surface area contributed by atoms with Crippen molar-refractivity contribution in [2.75, 3.05) is 17.7 Å². The SMILES string of the molecule is COc1ccc(C)cc1Nc1nc(C)cc(NC2CCCCCC2)n1. The molecule has 0 radical (unpaired) electrons. The van der Waals surface area contributed by atoms with Gasteiger partial charge in [-0.25, -0.2) is 4.98 Å². The van der Waals surface area contributed by atoms with Crippen LogP contribution in [0.2, 0.25) is 0 Å². The van der Waals surface area contributed by atoms with E-state index in [1.54, 1.807) is 7.11 Å². The van der Waals surface area contributed by atoms with Crippen LogP contribution in [0.15, 0.2) is 24.3 Å². The van der Waals surface area contributed by atoms with E-state index in [0.29, 0.717) is 12.0 Å². The second kappa shape index (κ2) is 8.19. The number of nitrogens with one attached hydrogen (secondary N) is 2. The number of aryl methyl sites for hydroxylation is 2. The molecule has 25 heavy (non-hydrogen) atoms. The van der Waals surface area contributed by atoms with Crippen molar-refractivity contribution in [1.82, 2.24) is 9.97 Å². The van der Waals surface area contributed by atoms with Gasteiger partial charge in [0, 0.05) is 17.8 Å². The van der Waals surface area contributed by atoms with Gasteiger partial charge in [-0.15, -0.1) is 0 Å². The van der Waals surface area contributed by atoms with Gasteiger partial charge in [0.25, 0.3) is 0 Å². The molecular formula is C20H28N4O. The summed E-state index contributed by atoms with van der Waals surface area (Å²) < 4.78 is 5.43. The van der Waals surface area contributed by atoms with Gasteiger partial charge in [-0.3, -0.25) is 0 Å². The molecule has 1 heterocycles. The molecule has 0 unspecified atom stereocenters. The molecule has 3 rings (SSSR count). The molecule has 1 saturated carbocycles. The average Bonchev–Trinajstić information content (AvgIpc) is 2.83. The van der Waals surface area contributed by atoms with Gasteiger partial charge in [0.15, 0.2) is 0 Å². The van der Waals surface area contributed by atoms with Crippen LogP contribution < -0.4 is 15.4 Å². The summed E-state index contributed by atoms with van der Waals surface area (Å²) in [6.07, 6.45) is 7.73. The average molecular weight is 340 g/mol. The number of benzene rings is 1. The lowest BCUT2D eigenvalue weighted by molar-refractivity contribution is 0.416. The molecule has 0 amide bonds. The second-order valence-corrected chi connectivity index (χ2v) is 6.88. The summed E-state index contributed by atoms with van der Waals surface area (Å²) in [7, 11) is 1.67. The van der Waals surface area contributed by atoms with Crippen LogP contribution in [0, 0.1) is 13.8 Å². The first kappa shape index (κ1) is 17.5. The Hall–Kier alpha value is -2.30. The lowest BCUT2D eigenvalue weighted by Crippen LogP contribution is -2.19. The number of methoxy groups -OCH3 is 1. The van der Waals surface area contributed by atoms with Crippen LogP contribution in [0.3, 0.4) is 0 Å². The minimum atomic E-state index is 0.512. The lowest BCUT2D eigenvalue weighted by atomic mass is 10.1. The third-order valence-corrected chi connectivity index (χ3v) is 4.66. The Bertz CT molecular complexity index is 709. The van der Waals surface area contributed by atoms with E-state index in [-0.39, 0.29) is 0 Å². The van der Waals surface area contributed by atoms with Crippen LogP contribution in [0.25, 0.3) is 0 Å². The zero-order chi connectivity index (χ0) is 17.6. The van der Waals surface area contributed by atoms with Crippen LogP contribution in [-0.4, -0.2) is 23.1 Å². The van der Waals surface area contributed by atoms with E-state index in [1.165, 1.54) is 38.5 Å². The lowest BCUT2D eigenvalue weighted by Gasteiger charge is -2.18. The van der Waals surface area contributed by atoms with Crippen molar-refractivity contribution >= 4 is 17.5 Å². The van der Waals surface area contributed by atoms with Gasteiger partial charge in [-0.2, -0.15) is 4.98 Å². The first-order valence-corrected chi connectivity index (χ1v) is 9.18. The number of hydrogen-bond donors (Lipinski definition) is 2. The fourth-order valence-corrected chi connectivity index (χ4v) is 3.37. The van der Waals surface area contributed by atoms with E-state index in [1.807, 2.05) is 31.2 Å². The van der Waals surface area contributed by atoms with E-state index in [4.69, 9.17) is 4.74 Å². The Labute approximate surface area is 150 Å². The van der Waals surface area contributed by atoms with Gasteiger partial charge in [0.1, 0.15) is 11.6 Å². The van der Waals surface area contributed by atoms with E-state index in [2.05, 4.69) is 27.5 Å². The summed E-state index contributed by atoms with van der Waals surface area (Å²) in [6.45, 7) is 4.05. The summed E-state index contributed by atoms with van der Waals surface area (Å²) in [6, 6.07) is 8.56. The summed E-state index contributed by atoms with van der Waals surface area (Å²) in [4.78, 5) is 9.20. The molecule has 5 heteroatoms. The summed E-state index contributed by atoms with van der Waals surface area (Å²) in [5.41, 5.74) is 2.99. The molecule has 1 aliphatic carbocycles. The fraction of sp³-hybridized carbons (Fsp3) is 0.500. The van der Waals surface area contributed by atoms with E-state index < -0.39 is 0 Å². The normalized spacial score (nSPS) is 15.5. The highest BCUT2D eigenvalue weighted by molar-refractivity contribution is 5.64. The maximum absolute atomic E-state index is 5.43. The summed E-state index contributed by atoms with van der Waals surface area (Å²) in [5, 5.41) is 6.91. The van der Waals surface area contributed by atoms with Crippen molar-refractivity contribution in [3.8, 4) is 5.75 Å². The predicted octanol–water partition coefficient (Wildman–Crippen LogP) is 4.98. The van der Waals surface area contributed by atoms with Gasteiger partial charge in [-0.05, 0) is 44.4 Å². The number of rotatable bonds is 5. The number of nitrogens with zero attached hydrogens (tertiary/aromatic N) is 2. The molecule has 0 bridgehead atoms. The highest BCUT2D eigenvalue weighted by Gasteiger charge is 2.14. The van der Waals surface area contributed by atoms with E-state index in [0.717, 1.165) is 28.5 Å². The van der Waals surface area contributed by atoms with Crippen LogP contribution in [0.1, 0.15) is 49.8 Å². The van der Waals surface area contributed by atoms with E-state index in [9.17, 15) is 0 Å². The molecule has 0 spiro atoms. The van der Waals surface area contributed by atoms with Crippen molar-refractivity contribution in [3.63, 3.8) is 0 Å². The van der Waals surface area contributed by atoms with Gasteiger partial charge < -0.3 is 15.4 Å². The summed E-state index contributed by atoms with van der Waals surface area (Å²) >= 11 is 0. The molecular weight excluding hydrogens is 312 g/mol. The molecule has 1 aromatic heterocycles. The molecule has 0 aliphatic heterocycles. The third-order valence-electron chi connectivity index (χ3n) is 4.66. The number of hydrogen-bond acceptors (Lipinski definition) is 5. The first-order valence-electron chi connectivity index (χ1n) is 9.18. The van der Waals surface area contributed by atoms with Gasteiger partial charge >= 0.3 is 0 Å². The maximum atomic E-state index is 5.43. The predicted molar refractivity (Wildman–Crippen MR) is 103 cm³/mol.